The van der Waals surface area contributed by atoms with Gasteiger partial charge < -0.3 is 4.90 Å². The average Bonchev–Trinajstić information content (AvgIpc) is 3.28. The number of anilines is 1. The molecule has 0 spiro atoms. The molecule has 4 rings (SSSR count). The number of rotatable bonds is 4. The number of hydrogen-bond donors (Lipinski definition) is 0. The van der Waals surface area contributed by atoms with Gasteiger partial charge in [0.2, 0.25) is 0 Å². The Hall–Kier alpha value is -2.62. The fourth-order valence-electron chi connectivity index (χ4n) is 3.68. The number of ketones is 1. The zero-order valence-electron chi connectivity index (χ0n) is 14.8. The minimum Gasteiger partial charge on any atom is -0.371 e. The summed E-state index contributed by atoms with van der Waals surface area (Å²) < 4.78 is 2.22. The number of fused-ring (bicyclic) bond motifs is 1. The molecule has 3 aromatic rings. The number of benzene rings is 2. The van der Waals surface area contributed by atoms with Crippen LogP contribution in [-0.2, 0) is 6.42 Å². The Bertz CT molecular complexity index is 935. The zero-order valence-corrected chi connectivity index (χ0v) is 14.8. The van der Waals surface area contributed by atoms with E-state index in [-0.39, 0.29) is 5.78 Å². The predicted molar refractivity (Wildman–Crippen MR) is 102 cm³/mol. The van der Waals surface area contributed by atoms with Crippen molar-refractivity contribution in [3.63, 3.8) is 0 Å². The molecule has 1 fully saturated rings. The normalized spacial score (nSPS) is 14.4. The summed E-state index contributed by atoms with van der Waals surface area (Å²) in [6.45, 7) is 5.99. The largest absolute Gasteiger partial charge is 0.371 e. The third-order valence-corrected chi connectivity index (χ3v) is 5.01. The maximum atomic E-state index is 11.7. The van der Waals surface area contributed by atoms with Crippen LogP contribution < -0.4 is 4.90 Å². The summed E-state index contributed by atoms with van der Waals surface area (Å²) in [5.74, 6) is 1.10. The molecule has 2 heterocycles. The van der Waals surface area contributed by atoms with Crippen LogP contribution in [0.4, 0.5) is 5.69 Å². The van der Waals surface area contributed by atoms with Crippen LogP contribution in [0, 0.1) is 0 Å². The van der Waals surface area contributed by atoms with E-state index in [2.05, 4.69) is 40.7 Å². The second kappa shape index (κ2) is 6.36. The molecule has 1 aliphatic rings. The topological polar surface area (TPSA) is 38.1 Å². The van der Waals surface area contributed by atoms with E-state index < -0.39 is 0 Å². The molecular weight excluding hydrogens is 310 g/mol. The van der Waals surface area contributed by atoms with Crippen molar-refractivity contribution in [2.45, 2.75) is 33.1 Å². The molecule has 1 aromatic heterocycles. The van der Waals surface area contributed by atoms with Gasteiger partial charge in [-0.15, -0.1) is 0 Å². The molecule has 0 saturated carbocycles. The quantitative estimate of drug-likeness (QED) is 0.665. The highest BCUT2D eigenvalue weighted by Gasteiger charge is 2.16. The Balaban J connectivity index is 1.85. The first-order valence-electron chi connectivity index (χ1n) is 9.05. The van der Waals surface area contributed by atoms with Crippen molar-refractivity contribution in [2.75, 3.05) is 18.0 Å². The molecule has 4 heteroatoms. The second-order valence-electron chi connectivity index (χ2n) is 6.69. The van der Waals surface area contributed by atoms with E-state index in [1.807, 2.05) is 18.2 Å². The lowest BCUT2D eigenvalue weighted by atomic mass is 10.1. The van der Waals surface area contributed by atoms with Gasteiger partial charge in [-0.1, -0.05) is 13.0 Å². The lowest BCUT2D eigenvalue weighted by Gasteiger charge is -2.19. The Labute approximate surface area is 148 Å². The fourth-order valence-corrected chi connectivity index (χ4v) is 3.68. The summed E-state index contributed by atoms with van der Waals surface area (Å²) in [4.78, 5) is 18.9. The fraction of sp³-hybridized carbons (Fsp3) is 0.333. The molecule has 0 aliphatic carbocycles. The van der Waals surface area contributed by atoms with Gasteiger partial charge in [0.25, 0.3) is 0 Å². The molecule has 1 saturated heterocycles. The van der Waals surface area contributed by atoms with E-state index in [9.17, 15) is 4.79 Å². The van der Waals surface area contributed by atoms with Crippen molar-refractivity contribution in [3.8, 4) is 5.69 Å². The Morgan fingerprint density at radius 3 is 2.56 bits per heavy atom. The van der Waals surface area contributed by atoms with Crippen molar-refractivity contribution in [1.82, 2.24) is 9.55 Å². The van der Waals surface area contributed by atoms with Crippen LogP contribution >= 0.6 is 0 Å². The first-order chi connectivity index (χ1) is 12.2. The number of Topliss-reactive ketones (excluding diaryl/α,β-unsaturated/α-hetero) is 1. The highest BCUT2D eigenvalue weighted by atomic mass is 16.1. The first-order valence-corrected chi connectivity index (χ1v) is 9.05. The van der Waals surface area contributed by atoms with Gasteiger partial charge in [-0.2, -0.15) is 0 Å². The molecule has 4 nitrogen and oxygen atoms in total. The van der Waals surface area contributed by atoms with E-state index in [4.69, 9.17) is 4.98 Å². The molecule has 0 bridgehead atoms. The van der Waals surface area contributed by atoms with Gasteiger partial charge in [0.15, 0.2) is 5.78 Å². The molecule has 0 unspecified atom stereocenters. The molecule has 0 amide bonds. The summed E-state index contributed by atoms with van der Waals surface area (Å²) in [7, 11) is 0. The first kappa shape index (κ1) is 15.9. The molecule has 0 radical (unpaired) electrons. The summed E-state index contributed by atoms with van der Waals surface area (Å²) in [6.07, 6.45) is 3.39. The second-order valence-corrected chi connectivity index (χ2v) is 6.69. The van der Waals surface area contributed by atoms with Crippen molar-refractivity contribution < 1.29 is 4.79 Å². The Morgan fingerprint density at radius 1 is 1.08 bits per heavy atom. The maximum Gasteiger partial charge on any atom is 0.159 e. The number of carbonyl (C=O) groups excluding carboxylic acids is 1. The minimum atomic E-state index is 0.0746. The molecule has 25 heavy (non-hydrogen) atoms. The highest BCUT2D eigenvalue weighted by Crippen LogP contribution is 2.27. The van der Waals surface area contributed by atoms with Gasteiger partial charge in [-0.25, -0.2) is 4.98 Å². The van der Waals surface area contributed by atoms with E-state index in [0.29, 0.717) is 5.56 Å². The van der Waals surface area contributed by atoms with Gasteiger partial charge in [-0.3, -0.25) is 9.36 Å². The minimum absolute atomic E-state index is 0.0746. The third-order valence-electron chi connectivity index (χ3n) is 5.01. The zero-order chi connectivity index (χ0) is 17.4. The number of carbonyl (C=O) groups is 1. The smallest absolute Gasteiger partial charge is 0.159 e. The maximum absolute atomic E-state index is 11.7. The number of hydrogen-bond acceptors (Lipinski definition) is 3. The number of imidazole rings is 1. The van der Waals surface area contributed by atoms with E-state index in [0.717, 1.165) is 42.1 Å². The van der Waals surface area contributed by atoms with Crippen molar-refractivity contribution in [3.05, 3.63) is 53.9 Å². The van der Waals surface area contributed by atoms with E-state index in [1.54, 1.807) is 6.92 Å². The summed E-state index contributed by atoms with van der Waals surface area (Å²) in [6, 6.07) is 14.5. The third kappa shape index (κ3) is 2.82. The molecular formula is C21H23N3O. The van der Waals surface area contributed by atoms with Crippen molar-refractivity contribution in [2.24, 2.45) is 0 Å². The highest BCUT2D eigenvalue weighted by molar-refractivity contribution is 5.97. The van der Waals surface area contributed by atoms with Crippen LogP contribution in [0.15, 0.2) is 42.5 Å². The summed E-state index contributed by atoms with van der Waals surface area (Å²) in [5.41, 5.74) is 5.07. The van der Waals surface area contributed by atoms with Crippen LogP contribution in [0.3, 0.4) is 0 Å². The molecule has 0 N–H and O–H groups in total. The van der Waals surface area contributed by atoms with Crippen molar-refractivity contribution in [1.29, 1.82) is 0 Å². The van der Waals surface area contributed by atoms with Crippen LogP contribution in [0.1, 0.15) is 42.9 Å². The standard InChI is InChI=1S/C21H23N3O/c1-3-21-22-19-13-16(15(2)25)9-10-20(19)24(21)18-8-6-7-17(14-18)23-11-4-5-12-23/h6-10,13-14H,3-5,11-12H2,1-2H3. The van der Waals surface area contributed by atoms with Crippen LogP contribution in [-0.4, -0.2) is 28.4 Å². The number of aryl methyl sites for hydroxylation is 1. The lowest BCUT2D eigenvalue weighted by Crippen LogP contribution is -2.17. The Kier molecular flexibility index (Phi) is 4.04. The number of aromatic nitrogens is 2. The lowest BCUT2D eigenvalue weighted by molar-refractivity contribution is 0.101. The predicted octanol–water partition coefficient (Wildman–Crippen LogP) is 4.39. The van der Waals surface area contributed by atoms with Crippen LogP contribution in [0.5, 0.6) is 0 Å². The SMILES string of the molecule is CCc1nc2cc(C(C)=O)ccc2n1-c1cccc(N2CCCC2)c1. The monoisotopic (exact) mass is 333 g/mol. The molecule has 1 aliphatic heterocycles. The number of nitrogens with zero attached hydrogens (tertiary/aromatic N) is 3. The molecule has 128 valence electrons. The molecule has 0 atom stereocenters. The van der Waals surface area contributed by atoms with E-state index in [1.165, 1.54) is 18.5 Å². The van der Waals surface area contributed by atoms with Gasteiger partial charge >= 0.3 is 0 Å². The van der Waals surface area contributed by atoms with Gasteiger partial charge in [-0.05, 0) is 56.2 Å². The summed E-state index contributed by atoms with van der Waals surface area (Å²) >= 11 is 0. The summed E-state index contributed by atoms with van der Waals surface area (Å²) in [5, 5.41) is 0. The average molecular weight is 333 g/mol. The van der Waals surface area contributed by atoms with Crippen LogP contribution in [0.25, 0.3) is 16.7 Å². The van der Waals surface area contributed by atoms with Gasteiger partial charge in [0.1, 0.15) is 5.82 Å². The van der Waals surface area contributed by atoms with Crippen LogP contribution in [0.2, 0.25) is 0 Å². The van der Waals surface area contributed by atoms with Gasteiger partial charge in [0.05, 0.1) is 11.0 Å². The van der Waals surface area contributed by atoms with Crippen molar-refractivity contribution >= 4 is 22.5 Å². The van der Waals surface area contributed by atoms with Gasteiger partial charge in [0, 0.05) is 36.4 Å². The molecule has 2 aromatic carbocycles. The van der Waals surface area contributed by atoms with E-state index >= 15 is 0 Å². The Morgan fingerprint density at radius 2 is 1.84 bits per heavy atom.